The summed E-state index contributed by atoms with van der Waals surface area (Å²) in [6.07, 6.45) is 1.09. The number of carbonyl (C=O) groups excluding carboxylic acids is 1. The topological polar surface area (TPSA) is 124 Å². The number of hydrogen-bond donors (Lipinski definition) is 2. The molecule has 14 heteroatoms. The molecular weight excluding hydrogens is 561 g/mol. The van der Waals surface area contributed by atoms with Crippen molar-refractivity contribution in [3.05, 3.63) is 57.9 Å². The van der Waals surface area contributed by atoms with Crippen molar-refractivity contribution < 1.29 is 45.7 Å². The molecule has 0 aliphatic carbocycles. The van der Waals surface area contributed by atoms with Crippen LogP contribution in [0.15, 0.2) is 45.9 Å². The van der Waals surface area contributed by atoms with Crippen LogP contribution in [0.4, 0.5) is 18.9 Å². The van der Waals surface area contributed by atoms with Crippen LogP contribution < -0.4 is 14.2 Å². The SMILES string of the molecule is COc1c(F)cc2cc1NS(=O)(=O)c1cc(cc(Br)c1O)C(=O)OCc1cc(OC(F)F)ncc1-2. The number of carbonyl (C=O) groups is 1. The summed E-state index contributed by atoms with van der Waals surface area (Å²) in [5.41, 5.74) is -0.289. The van der Waals surface area contributed by atoms with Crippen LogP contribution in [0.5, 0.6) is 17.4 Å². The van der Waals surface area contributed by atoms with E-state index in [9.17, 15) is 31.5 Å². The van der Waals surface area contributed by atoms with Crippen molar-refractivity contribution in [1.29, 1.82) is 0 Å². The van der Waals surface area contributed by atoms with E-state index in [1.54, 1.807) is 0 Å². The second-order valence-electron chi connectivity index (χ2n) is 7.08. The minimum Gasteiger partial charge on any atom is -0.505 e. The van der Waals surface area contributed by atoms with Crippen LogP contribution >= 0.6 is 15.9 Å². The molecule has 35 heavy (non-hydrogen) atoms. The Morgan fingerprint density at radius 2 is 1.94 bits per heavy atom. The number of benzene rings is 2. The number of nitrogens with zero attached hydrogens (tertiary/aromatic N) is 1. The van der Waals surface area contributed by atoms with Crippen LogP contribution in [-0.4, -0.2) is 38.2 Å². The average molecular weight is 575 g/mol. The number of anilines is 1. The summed E-state index contributed by atoms with van der Waals surface area (Å²) >= 11 is 2.99. The molecule has 1 aliphatic rings. The van der Waals surface area contributed by atoms with E-state index < -0.39 is 57.3 Å². The van der Waals surface area contributed by atoms with E-state index in [0.29, 0.717) is 0 Å². The highest BCUT2D eigenvalue weighted by atomic mass is 79.9. The largest absolute Gasteiger partial charge is 0.505 e. The number of aromatic hydroxyl groups is 1. The molecule has 0 fully saturated rings. The highest BCUT2D eigenvalue weighted by Crippen LogP contribution is 2.39. The fourth-order valence-corrected chi connectivity index (χ4v) is 5.15. The molecule has 9 nitrogen and oxygen atoms in total. The van der Waals surface area contributed by atoms with Gasteiger partial charge in [-0.1, -0.05) is 0 Å². The molecular formula is C21H14BrF3N2O7S. The lowest BCUT2D eigenvalue weighted by molar-refractivity contribution is -0.0529. The maximum Gasteiger partial charge on any atom is 0.388 e. The summed E-state index contributed by atoms with van der Waals surface area (Å²) in [7, 11) is -3.47. The van der Waals surface area contributed by atoms with Crippen molar-refractivity contribution in [3.63, 3.8) is 0 Å². The molecule has 0 saturated heterocycles. The van der Waals surface area contributed by atoms with E-state index in [1.807, 2.05) is 0 Å². The summed E-state index contributed by atoms with van der Waals surface area (Å²) in [5.74, 6) is -3.60. The minimum atomic E-state index is -4.59. The van der Waals surface area contributed by atoms with Crippen LogP contribution in [-0.2, 0) is 21.4 Å². The molecule has 3 aromatic rings. The predicted octanol–water partition coefficient (Wildman–Crippen LogP) is 4.44. The lowest BCUT2D eigenvalue weighted by Crippen LogP contribution is -2.15. The number of alkyl halides is 2. The van der Waals surface area contributed by atoms with Gasteiger partial charge in [-0.3, -0.25) is 4.72 Å². The monoisotopic (exact) mass is 574 g/mol. The Labute approximate surface area is 204 Å². The Morgan fingerprint density at radius 3 is 2.63 bits per heavy atom. The van der Waals surface area contributed by atoms with Crippen LogP contribution in [0.2, 0.25) is 0 Å². The second-order valence-corrected chi connectivity index (χ2v) is 9.59. The second kappa shape index (κ2) is 9.26. The van der Waals surface area contributed by atoms with Gasteiger partial charge >= 0.3 is 12.6 Å². The first-order valence-corrected chi connectivity index (χ1v) is 11.8. The van der Waals surface area contributed by atoms with Crippen molar-refractivity contribution in [2.75, 3.05) is 11.8 Å². The van der Waals surface area contributed by atoms with Gasteiger partial charge in [0.1, 0.15) is 17.3 Å². The van der Waals surface area contributed by atoms with Gasteiger partial charge in [0.15, 0.2) is 11.6 Å². The number of cyclic esters (lactones) is 1. The molecule has 1 aliphatic heterocycles. The first-order chi connectivity index (χ1) is 16.5. The fourth-order valence-electron chi connectivity index (χ4n) is 3.37. The molecule has 2 heterocycles. The van der Waals surface area contributed by atoms with Crippen molar-refractivity contribution >= 4 is 37.6 Å². The molecule has 0 unspecified atom stereocenters. The molecule has 4 bridgehead atoms. The van der Waals surface area contributed by atoms with E-state index in [0.717, 1.165) is 37.6 Å². The summed E-state index contributed by atoms with van der Waals surface area (Å²) in [6.45, 7) is -3.67. The minimum absolute atomic E-state index is 0.0551. The van der Waals surface area contributed by atoms with Crippen molar-refractivity contribution in [2.45, 2.75) is 18.1 Å². The number of nitrogens with one attached hydrogen (secondary N) is 1. The molecule has 2 N–H and O–H groups in total. The maximum atomic E-state index is 14.9. The van der Waals surface area contributed by atoms with Gasteiger partial charge in [-0.15, -0.1) is 0 Å². The Balaban J connectivity index is 1.99. The Kier molecular flexibility index (Phi) is 6.51. The number of halogens is 4. The Hall–Kier alpha value is -3.52. The third-order valence-corrected chi connectivity index (χ3v) is 6.87. The van der Waals surface area contributed by atoms with Gasteiger partial charge in [-0.05, 0) is 45.8 Å². The van der Waals surface area contributed by atoms with Gasteiger partial charge in [0, 0.05) is 23.4 Å². The molecule has 0 radical (unpaired) electrons. The molecule has 0 saturated carbocycles. The Morgan fingerprint density at radius 1 is 1.20 bits per heavy atom. The number of aromatic nitrogens is 1. The van der Waals surface area contributed by atoms with Crippen LogP contribution in [0.1, 0.15) is 15.9 Å². The van der Waals surface area contributed by atoms with Gasteiger partial charge in [-0.25, -0.2) is 22.6 Å². The number of ether oxygens (including phenoxy) is 3. The molecule has 4 rings (SSSR count). The molecule has 2 aromatic carbocycles. The molecule has 1 aromatic heterocycles. The zero-order valence-corrected chi connectivity index (χ0v) is 19.9. The molecule has 0 amide bonds. The number of rotatable bonds is 3. The lowest BCUT2D eigenvalue weighted by Gasteiger charge is -2.16. The standard InChI is InChI=1S/C21H14BrF3N2O7S/c1-32-19-14(23)3-9-4-15(19)27-35(30,31)16-5-10(2-13(22)18(16)28)20(29)33-8-11-6-17(34-21(24)25)26-7-12(9)11/h2-7,21,27-28H,8H2,1H3. The summed E-state index contributed by atoms with van der Waals surface area (Å²) in [5, 5.41) is 10.3. The summed E-state index contributed by atoms with van der Waals surface area (Å²) in [6, 6.07) is 5.30. The van der Waals surface area contributed by atoms with Gasteiger partial charge in [0.05, 0.1) is 22.8 Å². The van der Waals surface area contributed by atoms with Crippen LogP contribution in [0.3, 0.4) is 0 Å². The molecule has 184 valence electrons. The lowest BCUT2D eigenvalue weighted by atomic mass is 10.0. The first-order valence-electron chi connectivity index (χ1n) is 9.54. The van der Waals surface area contributed by atoms with E-state index in [1.165, 1.54) is 6.07 Å². The normalized spacial score (nSPS) is 14.5. The van der Waals surface area contributed by atoms with Crippen LogP contribution in [0.25, 0.3) is 11.1 Å². The number of hydrogen-bond acceptors (Lipinski definition) is 8. The van der Waals surface area contributed by atoms with Gasteiger partial charge in [-0.2, -0.15) is 8.78 Å². The fraction of sp³-hybridized carbons (Fsp3) is 0.143. The zero-order valence-electron chi connectivity index (χ0n) is 17.5. The van der Waals surface area contributed by atoms with Crippen LogP contribution in [0, 0.1) is 5.82 Å². The van der Waals surface area contributed by atoms with Gasteiger partial charge in [0.2, 0.25) is 5.88 Å². The Bertz CT molecular complexity index is 1450. The third kappa shape index (κ3) is 4.84. The number of phenols is 1. The number of fused-ring (bicyclic) bond motifs is 6. The number of sulfonamides is 1. The number of methoxy groups -OCH3 is 1. The highest BCUT2D eigenvalue weighted by Gasteiger charge is 2.27. The third-order valence-electron chi connectivity index (χ3n) is 4.89. The van der Waals surface area contributed by atoms with Crippen molar-refractivity contribution in [1.82, 2.24) is 4.98 Å². The van der Waals surface area contributed by atoms with Gasteiger partial charge < -0.3 is 19.3 Å². The van der Waals surface area contributed by atoms with E-state index in [4.69, 9.17) is 9.47 Å². The highest BCUT2D eigenvalue weighted by molar-refractivity contribution is 9.10. The number of esters is 1. The summed E-state index contributed by atoms with van der Waals surface area (Å²) < 4.78 is 83.1. The van der Waals surface area contributed by atoms with E-state index in [-0.39, 0.29) is 32.4 Å². The zero-order chi connectivity index (χ0) is 25.5. The van der Waals surface area contributed by atoms with Crippen molar-refractivity contribution in [3.8, 4) is 28.5 Å². The molecule has 0 spiro atoms. The van der Waals surface area contributed by atoms with Gasteiger partial charge in [0.25, 0.3) is 10.0 Å². The molecule has 0 atom stereocenters. The van der Waals surface area contributed by atoms with E-state index >= 15 is 0 Å². The maximum absolute atomic E-state index is 14.9. The quantitative estimate of drug-likeness (QED) is 0.440. The first kappa shape index (κ1) is 24.6. The smallest absolute Gasteiger partial charge is 0.388 e. The average Bonchev–Trinajstić information content (AvgIpc) is 2.78. The van der Waals surface area contributed by atoms with E-state index in [2.05, 4.69) is 30.4 Å². The number of phenolic OH excluding ortho intramolecular Hbond substituents is 1. The predicted molar refractivity (Wildman–Crippen MR) is 119 cm³/mol. The summed E-state index contributed by atoms with van der Waals surface area (Å²) in [4.78, 5) is 15.7. The number of pyridine rings is 1. The van der Waals surface area contributed by atoms with Crippen molar-refractivity contribution in [2.24, 2.45) is 0 Å².